The molecule has 0 radical (unpaired) electrons. The molecule has 0 bridgehead atoms. The molecule has 1 saturated heterocycles. The van der Waals surface area contributed by atoms with E-state index in [4.69, 9.17) is 4.74 Å². The third-order valence-corrected chi connectivity index (χ3v) is 7.13. The number of ketones is 1. The van der Waals surface area contributed by atoms with Gasteiger partial charge in [-0.05, 0) is 30.3 Å². The molecule has 0 N–H and O–H groups in total. The van der Waals surface area contributed by atoms with E-state index in [0.29, 0.717) is 26.2 Å². The Labute approximate surface area is 183 Å². The molecule has 0 saturated carbocycles. The minimum Gasteiger partial charge on any atom is -0.454 e. The summed E-state index contributed by atoms with van der Waals surface area (Å²) in [5, 5.41) is 0. The second kappa shape index (κ2) is 9.20. The Bertz CT molecular complexity index is 1040. The number of benzene rings is 2. The summed E-state index contributed by atoms with van der Waals surface area (Å²) >= 11 is 0. The molecule has 2 aromatic carbocycles. The Morgan fingerprint density at radius 1 is 0.935 bits per heavy atom. The summed E-state index contributed by atoms with van der Waals surface area (Å²) in [6.07, 6.45) is 0. The fourth-order valence-corrected chi connectivity index (χ4v) is 4.66. The Morgan fingerprint density at radius 2 is 1.58 bits per heavy atom. The molecule has 0 aromatic heterocycles. The van der Waals surface area contributed by atoms with Crippen molar-refractivity contribution in [3.8, 4) is 0 Å². The lowest BCUT2D eigenvalue weighted by atomic mass is 9.91. The van der Waals surface area contributed by atoms with Crippen molar-refractivity contribution in [3.05, 3.63) is 60.2 Å². The Balaban J connectivity index is 1.67. The number of para-hydroxylation sites is 1. The highest BCUT2D eigenvalue weighted by Gasteiger charge is 2.29. The average Bonchev–Trinajstić information content (AvgIpc) is 2.77. The molecular weight excluding hydrogens is 416 g/mol. The number of anilines is 1. The smallest absolute Gasteiger partial charge is 0.338 e. The van der Waals surface area contributed by atoms with Crippen molar-refractivity contribution in [1.82, 2.24) is 4.31 Å². The molecule has 1 aliphatic rings. The fourth-order valence-electron chi connectivity index (χ4n) is 3.19. The van der Waals surface area contributed by atoms with E-state index in [0.717, 1.165) is 5.69 Å². The number of hydrogen-bond donors (Lipinski definition) is 0. The van der Waals surface area contributed by atoms with Crippen LogP contribution in [-0.4, -0.2) is 57.3 Å². The standard InChI is InChI=1S/C23H28N2O5S/c1-23(2,3)21(26)17-30-22(27)18-8-7-11-20(16-18)31(28,29)25-14-12-24(13-15-25)19-9-5-4-6-10-19/h4-11,16H,12-15,17H2,1-3H3. The molecule has 0 spiro atoms. The minimum absolute atomic E-state index is 0.0391. The van der Waals surface area contributed by atoms with E-state index in [1.165, 1.54) is 28.6 Å². The zero-order valence-corrected chi connectivity index (χ0v) is 18.9. The van der Waals surface area contributed by atoms with Crippen molar-refractivity contribution in [2.45, 2.75) is 25.7 Å². The van der Waals surface area contributed by atoms with Crippen LogP contribution in [0.25, 0.3) is 0 Å². The monoisotopic (exact) mass is 444 g/mol. The molecule has 0 atom stereocenters. The molecule has 166 valence electrons. The summed E-state index contributed by atoms with van der Waals surface area (Å²) < 4.78 is 32.7. The predicted octanol–water partition coefficient (Wildman–Crippen LogP) is 2.97. The zero-order valence-electron chi connectivity index (χ0n) is 18.1. The maximum absolute atomic E-state index is 13.1. The van der Waals surface area contributed by atoms with Gasteiger partial charge in [-0.3, -0.25) is 4.79 Å². The van der Waals surface area contributed by atoms with Gasteiger partial charge in [-0.1, -0.05) is 45.0 Å². The number of ether oxygens (including phenoxy) is 1. The van der Waals surface area contributed by atoms with Crippen molar-refractivity contribution in [1.29, 1.82) is 0 Å². The van der Waals surface area contributed by atoms with Gasteiger partial charge in [0.15, 0.2) is 12.4 Å². The van der Waals surface area contributed by atoms with Crippen LogP contribution in [-0.2, 0) is 19.6 Å². The van der Waals surface area contributed by atoms with Crippen LogP contribution in [0.15, 0.2) is 59.5 Å². The van der Waals surface area contributed by atoms with Crippen LogP contribution < -0.4 is 4.90 Å². The largest absolute Gasteiger partial charge is 0.454 e. The summed E-state index contributed by atoms with van der Waals surface area (Å²) in [6, 6.07) is 15.6. The highest BCUT2D eigenvalue weighted by Crippen LogP contribution is 2.22. The molecule has 0 unspecified atom stereocenters. The van der Waals surface area contributed by atoms with Gasteiger partial charge in [0.1, 0.15) is 0 Å². The number of sulfonamides is 1. The third-order valence-electron chi connectivity index (χ3n) is 5.24. The van der Waals surface area contributed by atoms with Gasteiger partial charge in [0.25, 0.3) is 0 Å². The summed E-state index contributed by atoms with van der Waals surface area (Å²) in [6.45, 7) is 6.76. The SMILES string of the molecule is CC(C)(C)C(=O)COC(=O)c1cccc(S(=O)(=O)N2CCN(c3ccccc3)CC2)c1. The first-order chi connectivity index (χ1) is 14.6. The van der Waals surface area contributed by atoms with Crippen LogP contribution in [0.5, 0.6) is 0 Å². The first kappa shape index (κ1) is 23.0. The maximum Gasteiger partial charge on any atom is 0.338 e. The maximum atomic E-state index is 13.1. The van der Waals surface area contributed by atoms with Crippen molar-refractivity contribution in [3.63, 3.8) is 0 Å². The van der Waals surface area contributed by atoms with Crippen molar-refractivity contribution in [2.24, 2.45) is 5.41 Å². The van der Waals surface area contributed by atoms with Crippen LogP contribution in [0.4, 0.5) is 5.69 Å². The molecule has 1 fully saturated rings. The molecular formula is C23H28N2O5S. The molecule has 1 heterocycles. The Kier molecular flexibility index (Phi) is 6.81. The highest BCUT2D eigenvalue weighted by atomic mass is 32.2. The van der Waals surface area contributed by atoms with Crippen LogP contribution in [0.2, 0.25) is 0 Å². The number of carbonyl (C=O) groups excluding carboxylic acids is 2. The first-order valence-corrected chi connectivity index (χ1v) is 11.6. The number of carbonyl (C=O) groups is 2. The second-order valence-corrected chi connectivity index (χ2v) is 10.4. The lowest BCUT2D eigenvalue weighted by Crippen LogP contribution is -2.48. The molecule has 7 nitrogen and oxygen atoms in total. The van der Waals surface area contributed by atoms with E-state index >= 15 is 0 Å². The number of piperazine rings is 1. The topological polar surface area (TPSA) is 84.0 Å². The van der Waals surface area contributed by atoms with E-state index < -0.39 is 21.4 Å². The molecule has 1 aliphatic heterocycles. The average molecular weight is 445 g/mol. The van der Waals surface area contributed by atoms with Gasteiger partial charge < -0.3 is 9.64 Å². The van der Waals surface area contributed by atoms with Crippen LogP contribution in [0.3, 0.4) is 0 Å². The molecule has 0 aliphatic carbocycles. The summed E-state index contributed by atoms with van der Waals surface area (Å²) in [7, 11) is -3.75. The van der Waals surface area contributed by atoms with E-state index in [1.54, 1.807) is 20.8 Å². The summed E-state index contributed by atoms with van der Waals surface area (Å²) in [5.74, 6) is -0.926. The van der Waals surface area contributed by atoms with Gasteiger partial charge in [0.05, 0.1) is 10.5 Å². The lowest BCUT2D eigenvalue weighted by Gasteiger charge is -2.35. The van der Waals surface area contributed by atoms with Gasteiger partial charge in [0, 0.05) is 37.3 Å². The quantitative estimate of drug-likeness (QED) is 0.637. The van der Waals surface area contributed by atoms with E-state index in [1.807, 2.05) is 30.3 Å². The number of hydrogen-bond acceptors (Lipinski definition) is 6. The Hall–Kier alpha value is -2.71. The number of esters is 1. The van der Waals surface area contributed by atoms with Gasteiger partial charge in [-0.2, -0.15) is 4.31 Å². The molecule has 0 amide bonds. The van der Waals surface area contributed by atoms with E-state index in [2.05, 4.69) is 4.90 Å². The Morgan fingerprint density at radius 3 is 2.19 bits per heavy atom. The summed E-state index contributed by atoms with van der Waals surface area (Å²) in [4.78, 5) is 26.5. The van der Waals surface area contributed by atoms with Gasteiger partial charge in [-0.25, -0.2) is 13.2 Å². The van der Waals surface area contributed by atoms with E-state index in [-0.39, 0.29) is 22.8 Å². The van der Waals surface area contributed by atoms with Crippen LogP contribution in [0, 0.1) is 5.41 Å². The number of rotatable bonds is 6. The fraction of sp³-hybridized carbons (Fsp3) is 0.391. The normalized spacial score (nSPS) is 15.5. The van der Waals surface area contributed by atoms with Crippen LogP contribution in [0.1, 0.15) is 31.1 Å². The van der Waals surface area contributed by atoms with Crippen LogP contribution >= 0.6 is 0 Å². The van der Waals surface area contributed by atoms with E-state index in [9.17, 15) is 18.0 Å². The predicted molar refractivity (Wildman–Crippen MR) is 119 cm³/mol. The number of nitrogens with zero attached hydrogens (tertiary/aromatic N) is 2. The minimum atomic E-state index is -3.75. The summed E-state index contributed by atoms with van der Waals surface area (Å²) in [5.41, 5.74) is 0.549. The van der Waals surface area contributed by atoms with Crippen molar-refractivity contribution in [2.75, 3.05) is 37.7 Å². The first-order valence-electron chi connectivity index (χ1n) is 10.2. The van der Waals surface area contributed by atoms with Gasteiger partial charge in [0.2, 0.25) is 10.0 Å². The molecule has 8 heteroatoms. The van der Waals surface area contributed by atoms with Gasteiger partial charge in [-0.15, -0.1) is 0 Å². The zero-order chi connectivity index (χ0) is 22.6. The van der Waals surface area contributed by atoms with Crippen molar-refractivity contribution >= 4 is 27.5 Å². The highest BCUT2D eigenvalue weighted by molar-refractivity contribution is 7.89. The third kappa shape index (κ3) is 5.51. The van der Waals surface area contributed by atoms with Gasteiger partial charge >= 0.3 is 5.97 Å². The molecule has 3 rings (SSSR count). The lowest BCUT2D eigenvalue weighted by molar-refractivity contribution is -0.129. The number of Topliss-reactive ketones (excluding diaryl/α,β-unsaturated/α-hetero) is 1. The second-order valence-electron chi connectivity index (χ2n) is 8.50. The molecule has 31 heavy (non-hydrogen) atoms. The molecule has 2 aromatic rings. The van der Waals surface area contributed by atoms with Crippen molar-refractivity contribution < 1.29 is 22.7 Å².